The summed E-state index contributed by atoms with van der Waals surface area (Å²) in [6, 6.07) is 2.47. The minimum absolute atomic E-state index is 0.377. The zero-order valence-electron chi connectivity index (χ0n) is 12.5. The van der Waals surface area contributed by atoms with Gasteiger partial charge in [-0.25, -0.2) is 9.97 Å². The summed E-state index contributed by atoms with van der Waals surface area (Å²) in [5.41, 5.74) is 3.10. The molecule has 1 fully saturated rings. The quantitative estimate of drug-likeness (QED) is 0.784. The van der Waals surface area contributed by atoms with Crippen LogP contribution in [0.1, 0.15) is 44.5 Å². The van der Waals surface area contributed by atoms with Crippen molar-refractivity contribution in [3.05, 3.63) is 24.3 Å². The summed E-state index contributed by atoms with van der Waals surface area (Å²) in [4.78, 5) is 12.5. The normalized spacial score (nSPS) is 19.9. The second kappa shape index (κ2) is 4.84. The predicted molar refractivity (Wildman–Crippen MR) is 82.6 cm³/mol. The Balaban J connectivity index is 2.03. The van der Waals surface area contributed by atoms with E-state index in [2.05, 4.69) is 34.4 Å². The molecule has 3 aromatic heterocycles. The number of rotatable bonds is 2. The molecule has 5 heteroatoms. The molecule has 4 heterocycles. The van der Waals surface area contributed by atoms with E-state index in [1.165, 1.54) is 5.52 Å². The van der Waals surface area contributed by atoms with E-state index < -0.39 is 0 Å². The molecule has 1 aliphatic rings. The minimum atomic E-state index is 0.377. The number of fused-ring (bicyclic) bond motifs is 3. The average molecular weight is 284 g/mol. The first-order chi connectivity index (χ1) is 10.3. The maximum Gasteiger partial charge on any atom is 0.139 e. The van der Waals surface area contributed by atoms with Gasteiger partial charge >= 0.3 is 0 Å². The van der Waals surface area contributed by atoms with Crippen LogP contribution in [0, 0.1) is 0 Å². The molecular formula is C16H20N4O. The summed E-state index contributed by atoms with van der Waals surface area (Å²) in [6.07, 6.45) is 6.09. The van der Waals surface area contributed by atoms with Crippen LogP contribution in [0.3, 0.4) is 0 Å². The first-order valence-electron chi connectivity index (χ1n) is 7.67. The van der Waals surface area contributed by atoms with Crippen molar-refractivity contribution in [1.29, 1.82) is 0 Å². The number of hydrogen-bond acceptors (Lipinski definition) is 3. The van der Waals surface area contributed by atoms with Gasteiger partial charge < -0.3 is 14.3 Å². The summed E-state index contributed by atoms with van der Waals surface area (Å²) in [6.45, 7) is 6.05. The van der Waals surface area contributed by atoms with Crippen molar-refractivity contribution in [3.63, 3.8) is 0 Å². The first kappa shape index (κ1) is 12.8. The third-order valence-corrected chi connectivity index (χ3v) is 4.28. The third kappa shape index (κ3) is 1.95. The molecule has 5 nitrogen and oxygen atoms in total. The Morgan fingerprint density at radius 1 is 1.43 bits per heavy atom. The Bertz CT molecular complexity index is 780. The summed E-state index contributed by atoms with van der Waals surface area (Å²) in [5, 5.41) is 1.15. The van der Waals surface area contributed by atoms with Gasteiger partial charge in [-0.1, -0.05) is 13.8 Å². The van der Waals surface area contributed by atoms with Crippen LogP contribution in [0.2, 0.25) is 0 Å². The van der Waals surface area contributed by atoms with E-state index in [0.29, 0.717) is 12.0 Å². The monoisotopic (exact) mass is 284 g/mol. The Morgan fingerprint density at radius 3 is 3.10 bits per heavy atom. The van der Waals surface area contributed by atoms with E-state index in [4.69, 9.17) is 9.72 Å². The standard InChI is InChI=1S/C16H20N4O/c1-10(2)16-19-13-8-18-15-12(5-6-17-15)14(13)20(16)11-4-3-7-21-9-11/h5-6,8,10-11H,3-4,7,9H2,1-2H3,(H,17,18). The molecule has 1 aliphatic heterocycles. The van der Waals surface area contributed by atoms with Gasteiger partial charge in [0.15, 0.2) is 0 Å². The van der Waals surface area contributed by atoms with Crippen molar-refractivity contribution in [1.82, 2.24) is 19.5 Å². The van der Waals surface area contributed by atoms with E-state index in [0.717, 1.165) is 48.4 Å². The van der Waals surface area contributed by atoms with Gasteiger partial charge in [0.1, 0.15) is 17.0 Å². The van der Waals surface area contributed by atoms with E-state index in [1.54, 1.807) is 0 Å². The lowest BCUT2D eigenvalue weighted by atomic mass is 10.1. The van der Waals surface area contributed by atoms with E-state index >= 15 is 0 Å². The minimum Gasteiger partial charge on any atom is -0.379 e. The number of hydrogen-bond donors (Lipinski definition) is 1. The fourth-order valence-electron chi connectivity index (χ4n) is 3.31. The van der Waals surface area contributed by atoms with Crippen LogP contribution in [0.15, 0.2) is 18.5 Å². The van der Waals surface area contributed by atoms with Gasteiger partial charge in [-0.15, -0.1) is 0 Å². The summed E-state index contributed by atoms with van der Waals surface area (Å²) >= 11 is 0. The van der Waals surface area contributed by atoms with Gasteiger partial charge in [0.25, 0.3) is 0 Å². The molecule has 3 aromatic rings. The zero-order valence-corrected chi connectivity index (χ0v) is 12.5. The molecule has 0 aromatic carbocycles. The number of aromatic nitrogens is 4. The second-order valence-electron chi connectivity index (χ2n) is 6.10. The maximum absolute atomic E-state index is 5.71. The summed E-state index contributed by atoms with van der Waals surface area (Å²) in [7, 11) is 0. The molecule has 21 heavy (non-hydrogen) atoms. The van der Waals surface area contributed by atoms with E-state index in [9.17, 15) is 0 Å². The zero-order chi connectivity index (χ0) is 14.4. The predicted octanol–water partition coefficient (Wildman–Crippen LogP) is 3.39. The summed E-state index contributed by atoms with van der Waals surface area (Å²) < 4.78 is 8.11. The van der Waals surface area contributed by atoms with Crippen molar-refractivity contribution in [3.8, 4) is 0 Å². The van der Waals surface area contributed by atoms with Gasteiger partial charge in [-0.2, -0.15) is 0 Å². The lowest BCUT2D eigenvalue weighted by Crippen LogP contribution is -2.23. The van der Waals surface area contributed by atoms with E-state index in [1.807, 2.05) is 12.4 Å². The largest absolute Gasteiger partial charge is 0.379 e. The number of pyridine rings is 1. The van der Waals surface area contributed by atoms with Crippen LogP contribution in [0.25, 0.3) is 22.1 Å². The molecule has 1 atom stereocenters. The highest BCUT2D eigenvalue weighted by Crippen LogP contribution is 2.33. The number of nitrogens with zero attached hydrogens (tertiary/aromatic N) is 3. The number of imidazole rings is 1. The Morgan fingerprint density at radius 2 is 2.33 bits per heavy atom. The van der Waals surface area contributed by atoms with Crippen molar-refractivity contribution in [2.24, 2.45) is 0 Å². The fraction of sp³-hybridized carbons (Fsp3) is 0.500. The highest BCUT2D eigenvalue weighted by molar-refractivity contribution is 6.01. The highest BCUT2D eigenvalue weighted by atomic mass is 16.5. The van der Waals surface area contributed by atoms with Gasteiger partial charge in [-0.3, -0.25) is 0 Å². The number of H-pyrrole nitrogens is 1. The van der Waals surface area contributed by atoms with Crippen molar-refractivity contribution in [2.45, 2.75) is 38.6 Å². The van der Waals surface area contributed by atoms with Crippen LogP contribution in [0.4, 0.5) is 0 Å². The van der Waals surface area contributed by atoms with Crippen LogP contribution in [0.5, 0.6) is 0 Å². The second-order valence-corrected chi connectivity index (χ2v) is 6.10. The molecule has 1 N–H and O–H groups in total. The third-order valence-electron chi connectivity index (χ3n) is 4.28. The molecule has 0 radical (unpaired) electrons. The van der Waals surface area contributed by atoms with Crippen LogP contribution in [-0.2, 0) is 4.74 Å². The number of ether oxygens (including phenoxy) is 1. The van der Waals surface area contributed by atoms with Crippen molar-refractivity contribution >= 4 is 22.1 Å². The van der Waals surface area contributed by atoms with Gasteiger partial charge in [0.05, 0.1) is 24.4 Å². The topological polar surface area (TPSA) is 55.7 Å². The molecule has 1 saturated heterocycles. The van der Waals surface area contributed by atoms with E-state index in [-0.39, 0.29) is 0 Å². The maximum atomic E-state index is 5.71. The molecule has 0 saturated carbocycles. The molecule has 0 bridgehead atoms. The number of nitrogens with one attached hydrogen (secondary N) is 1. The molecule has 1 unspecified atom stereocenters. The Kier molecular flexibility index (Phi) is 2.96. The van der Waals surface area contributed by atoms with Crippen LogP contribution < -0.4 is 0 Å². The fourth-order valence-corrected chi connectivity index (χ4v) is 3.31. The van der Waals surface area contributed by atoms with Gasteiger partial charge in [0.2, 0.25) is 0 Å². The number of aromatic amines is 1. The molecule has 0 aliphatic carbocycles. The first-order valence-corrected chi connectivity index (χ1v) is 7.67. The van der Waals surface area contributed by atoms with Crippen molar-refractivity contribution < 1.29 is 4.74 Å². The lowest BCUT2D eigenvalue weighted by Gasteiger charge is -2.26. The average Bonchev–Trinajstić information content (AvgIpc) is 3.11. The molecule has 0 spiro atoms. The Hall–Kier alpha value is -1.88. The highest BCUT2D eigenvalue weighted by Gasteiger charge is 2.24. The van der Waals surface area contributed by atoms with Crippen LogP contribution in [-0.4, -0.2) is 32.7 Å². The molecule has 4 rings (SSSR count). The van der Waals surface area contributed by atoms with Gasteiger partial charge in [0, 0.05) is 24.1 Å². The SMILES string of the molecule is CC(C)c1nc2cnc3[nH]ccc3c2n1C1CCCOC1. The van der Waals surface area contributed by atoms with Crippen LogP contribution >= 0.6 is 0 Å². The summed E-state index contributed by atoms with van der Waals surface area (Å²) in [5.74, 6) is 1.52. The molecule has 110 valence electrons. The lowest BCUT2D eigenvalue weighted by molar-refractivity contribution is 0.0594. The van der Waals surface area contributed by atoms with Gasteiger partial charge in [-0.05, 0) is 18.9 Å². The smallest absolute Gasteiger partial charge is 0.139 e. The molecule has 0 amide bonds. The van der Waals surface area contributed by atoms with Crippen molar-refractivity contribution in [2.75, 3.05) is 13.2 Å². The Labute approximate surface area is 123 Å². The molecular weight excluding hydrogens is 264 g/mol.